The number of fused-ring (bicyclic) bond motifs is 2. The van der Waals surface area contributed by atoms with Gasteiger partial charge >= 0.3 is 0 Å². The van der Waals surface area contributed by atoms with Gasteiger partial charge in [0.05, 0.1) is 42.3 Å². The van der Waals surface area contributed by atoms with Crippen molar-refractivity contribution in [3.8, 4) is 17.0 Å². The van der Waals surface area contributed by atoms with E-state index in [0.29, 0.717) is 34.9 Å². The zero-order chi connectivity index (χ0) is 18.5. The largest absolute Gasteiger partial charge is 0.479 e. The summed E-state index contributed by atoms with van der Waals surface area (Å²) in [7, 11) is 1.55. The third kappa shape index (κ3) is 2.15. The summed E-state index contributed by atoms with van der Waals surface area (Å²) in [6.07, 6.45) is 7.31. The van der Waals surface area contributed by atoms with E-state index in [9.17, 15) is 4.79 Å². The van der Waals surface area contributed by atoms with Crippen LogP contribution in [0.25, 0.3) is 22.0 Å². The normalized spacial score (nSPS) is 14.9. The second kappa shape index (κ2) is 5.63. The Labute approximate surface area is 154 Å². The Morgan fingerprint density at radius 3 is 2.81 bits per heavy atom. The van der Waals surface area contributed by atoms with Crippen LogP contribution in [0.4, 0.5) is 5.69 Å². The van der Waals surface area contributed by atoms with E-state index in [-0.39, 0.29) is 5.91 Å². The van der Waals surface area contributed by atoms with Crippen LogP contribution in [0.3, 0.4) is 0 Å². The zero-order valence-electron chi connectivity index (χ0n) is 14.5. The molecule has 7 nitrogen and oxygen atoms in total. The lowest BCUT2D eigenvalue weighted by atomic mass is 10.00. The molecule has 3 aromatic rings. The summed E-state index contributed by atoms with van der Waals surface area (Å²) < 4.78 is 5.35. The summed E-state index contributed by atoms with van der Waals surface area (Å²) in [6, 6.07) is 7.52. The van der Waals surface area contributed by atoms with Crippen molar-refractivity contribution in [2.75, 3.05) is 12.8 Å². The van der Waals surface area contributed by atoms with Gasteiger partial charge in [0.15, 0.2) is 0 Å². The molecule has 0 bridgehead atoms. The Morgan fingerprint density at radius 2 is 2.07 bits per heavy atom. The molecule has 132 valence electrons. The second-order valence-electron chi connectivity index (χ2n) is 6.35. The van der Waals surface area contributed by atoms with Crippen molar-refractivity contribution in [2.24, 2.45) is 0 Å². The molecule has 0 fully saturated rings. The minimum Gasteiger partial charge on any atom is -0.479 e. The van der Waals surface area contributed by atoms with E-state index in [4.69, 9.17) is 15.5 Å². The van der Waals surface area contributed by atoms with Gasteiger partial charge in [-0.25, -0.2) is 4.98 Å². The van der Waals surface area contributed by atoms with Crippen LogP contribution >= 0.6 is 0 Å². The van der Waals surface area contributed by atoms with Crippen molar-refractivity contribution in [3.63, 3.8) is 0 Å². The predicted molar refractivity (Wildman–Crippen MR) is 101 cm³/mol. The number of carbonyl (C=O) groups is 1. The fourth-order valence-corrected chi connectivity index (χ4v) is 3.53. The van der Waals surface area contributed by atoms with E-state index in [1.807, 2.05) is 42.5 Å². The molecule has 1 amide bonds. The monoisotopic (exact) mass is 357 g/mol. The molecule has 7 heteroatoms. The van der Waals surface area contributed by atoms with Crippen molar-refractivity contribution in [3.05, 3.63) is 65.6 Å². The fraction of sp³-hybridized carbons (Fsp3) is 0.100. The van der Waals surface area contributed by atoms with Crippen LogP contribution in [-0.2, 0) is 6.54 Å². The van der Waals surface area contributed by atoms with Gasteiger partial charge in [-0.1, -0.05) is 24.3 Å². The Morgan fingerprint density at radius 1 is 1.22 bits per heavy atom. The molecule has 1 aliphatic heterocycles. The number of carbonyl (C=O) groups excluding carboxylic acids is 1. The number of nitrogens with two attached hydrogens (primary N) is 1. The predicted octanol–water partition coefficient (Wildman–Crippen LogP) is 2.69. The molecule has 0 atom stereocenters. The van der Waals surface area contributed by atoms with Gasteiger partial charge in [-0.2, -0.15) is 5.10 Å². The van der Waals surface area contributed by atoms with Gasteiger partial charge in [-0.3, -0.25) is 4.79 Å². The van der Waals surface area contributed by atoms with E-state index in [1.54, 1.807) is 18.2 Å². The summed E-state index contributed by atoms with van der Waals surface area (Å²) in [6.45, 7) is 0.407. The van der Waals surface area contributed by atoms with E-state index < -0.39 is 0 Å². The van der Waals surface area contributed by atoms with Gasteiger partial charge in [-0.05, 0) is 18.2 Å². The van der Waals surface area contributed by atoms with Crippen LogP contribution in [0.1, 0.15) is 16.1 Å². The smallest absolute Gasteiger partial charge is 0.262 e. The molecule has 27 heavy (non-hydrogen) atoms. The maximum absolute atomic E-state index is 12.8. The lowest BCUT2D eigenvalue weighted by molar-refractivity contribution is 0.0831. The van der Waals surface area contributed by atoms with Gasteiger partial charge in [0, 0.05) is 22.2 Å². The number of nitrogen functional groups attached to an aromatic ring is 1. The van der Waals surface area contributed by atoms with Crippen molar-refractivity contribution in [1.29, 1.82) is 0 Å². The number of ether oxygens (including phenoxy) is 1. The molecule has 1 aliphatic carbocycles. The highest BCUT2D eigenvalue weighted by molar-refractivity contribution is 6.12. The Balaban J connectivity index is 1.74. The number of para-hydroxylation sites is 1. The van der Waals surface area contributed by atoms with E-state index in [2.05, 4.69) is 10.2 Å². The van der Waals surface area contributed by atoms with E-state index in [1.165, 1.54) is 0 Å². The minimum atomic E-state index is -0.110. The third-order valence-electron chi connectivity index (χ3n) is 4.91. The Bertz CT molecular complexity index is 1180. The second-order valence-corrected chi connectivity index (χ2v) is 6.35. The fourth-order valence-electron chi connectivity index (χ4n) is 3.53. The molecule has 0 radical (unpaired) electrons. The molecule has 0 saturated carbocycles. The average molecular weight is 357 g/mol. The molecule has 5 rings (SSSR count). The quantitative estimate of drug-likeness (QED) is 0.774. The van der Waals surface area contributed by atoms with Gasteiger partial charge in [0.25, 0.3) is 5.91 Å². The van der Waals surface area contributed by atoms with Crippen LogP contribution < -0.4 is 10.5 Å². The first-order valence-electron chi connectivity index (χ1n) is 8.46. The standard InChI is InChI=1S/C20H15N5O2/c1-27-19-13(8-9-22-24-19)12-6-3-7-14-17(21)16-15(23-18(12)14)10-25(20(16)26)11-4-2-5-11/h2-9H,10H2,1H3,(H2,21,23). The van der Waals surface area contributed by atoms with Gasteiger partial charge in [-0.15, -0.1) is 5.10 Å². The Hall–Kier alpha value is -3.74. The summed E-state index contributed by atoms with van der Waals surface area (Å²) in [5.74, 6) is 0.300. The highest BCUT2D eigenvalue weighted by atomic mass is 16.5. The molecule has 2 aliphatic rings. The van der Waals surface area contributed by atoms with Crippen molar-refractivity contribution >= 4 is 22.5 Å². The molecular formula is C20H15N5O2. The number of amides is 1. The first-order valence-corrected chi connectivity index (χ1v) is 8.46. The topological polar surface area (TPSA) is 94.2 Å². The molecule has 0 spiro atoms. The number of pyridine rings is 1. The lowest BCUT2D eigenvalue weighted by Gasteiger charge is -2.19. The first kappa shape index (κ1) is 15.5. The number of hydrogen-bond donors (Lipinski definition) is 1. The summed E-state index contributed by atoms with van der Waals surface area (Å²) >= 11 is 0. The van der Waals surface area contributed by atoms with Crippen LogP contribution in [0, 0.1) is 0 Å². The maximum atomic E-state index is 12.8. The van der Waals surface area contributed by atoms with Crippen LogP contribution in [0.2, 0.25) is 0 Å². The van der Waals surface area contributed by atoms with E-state index >= 15 is 0 Å². The SMILES string of the molecule is COc1nnccc1-c1cccc2c(N)c3c(nc12)CN(C1=CC=C1)C3=O. The van der Waals surface area contributed by atoms with Gasteiger partial charge in [0.2, 0.25) is 5.88 Å². The number of hydrogen-bond acceptors (Lipinski definition) is 6. The molecule has 0 saturated heterocycles. The average Bonchev–Trinajstić information content (AvgIpc) is 2.96. The molecule has 1 aromatic carbocycles. The number of benzene rings is 1. The molecular weight excluding hydrogens is 342 g/mol. The van der Waals surface area contributed by atoms with Crippen LogP contribution in [0.5, 0.6) is 5.88 Å². The van der Waals surface area contributed by atoms with Gasteiger partial charge in [0.1, 0.15) is 0 Å². The summed E-state index contributed by atoms with van der Waals surface area (Å²) in [4.78, 5) is 19.4. The number of allylic oxidation sites excluding steroid dienone is 3. The molecule has 2 aromatic heterocycles. The van der Waals surface area contributed by atoms with Crippen molar-refractivity contribution in [2.45, 2.75) is 6.54 Å². The van der Waals surface area contributed by atoms with Crippen LogP contribution in [0.15, 0.2) is 54.4 Å². The molecule has 0 unspecified atom stereocenters. The maximum Gasteiger partial charge on any atom is 0.262 e. The number of anilines is 1. The number of aromatic nitrogens is 3. The van der Waals surface area contributed by atoms with Crippen molar-refractivity contribution in [1.82, 2.24) is 20.1 Å². The first-order chi connectivity index (χ1) is 13.2. The third-order valence-corrected chi connectivity index (χ3v) is 4.91. The van der Waals surface area contributed by atoms with E-state index in [0.717, 1.165) is 22.2 Å². The Kier molecular flexibility index (Phi) is 3.24. The lowest BCUT2D eigenvalue weighted by Crippen LogP contribution is -2.24. The number of rotatable bonds is 3. The molecule has 3 heterocycles. The highest BCUT2D eigenvalue weighted by Crippen LogP contribution is 2.39. The van der Waals surface area contributed by atoms with Crippen LogP contribution in [-0.4, -0.2) is 33.1 Å². The zero-order valence-corrected chi connectivity index (χ0v) is 14.5. The number of methoxy groups -OCH3 is 1. The molecule has 2 N–H and O–H groups in total. The highest BCUT2D eigenvalue weighted by Gasteiger charge is 2.34. The summed E-state index contributed by atoms with van der Waals surface area (Å²) in [5.41, 5.74) is 11.2. The minimum absolute atomic E-state index is 0.110. The van der Waals surface area contributed by atoms with Crippen molar-refractivity contribution < 1.29 is 9.53 Å². The van der Waals surface area contributed by atoms with Gasteiger partial charge < -0.3 is 15.4 Å². The summed E-state index contributed by atoms with van der Waals surface area (Å²) in [5, 5.41) is 8.64. The number of nitrogens with zero attached hydrogens (tertiary/aromatic N) is 4.